The van der Waals surface area contributed by atoms with Crippen LogP contribution in [0.3, 0.4) is 0 Å². The van der Waals surface area contributed by atoms with E-state index in [4.69, 9.17) is 4.74 Å². The lowest BCUT2D eigenvalue weighted by Gasteiger charge is -2.14. The molecule has 1 aliphatic rings. The number of ether oxygens (including phenoxy) is 1. The third kappa shape index (κ3) is 2.35. The van der Waals surface area contributed by atoms with Crippen molar-refractivity contribution in [3.8, 4) is 0 Å². The Bertz CT molecular complexity index is 403. The predicted octanol–water partition coefficient (Wildman–Crippen LogP) is 2.01. The average Bonchev–Trinajstić information content (AvgIpc) is 2.73. The monoisotopic (exact) mass is 221 g/mol. The van der Waals surface area contributed by atoms with E-state index >= 15 is 0 Å². The van der Waals surface area contributed by atoms with E-state index in [9.17, 15) is 4.79 Å². The summed E-state index contributed by atoms with van der Waals surface area (Å²) >= 11 is 0. The summed E-state index contributed by atoms with van der Waals surface area (Å²) in [7, 11) is 0. The number of aromatic nitrogens is 1. The van der Waals surface area contributed by atoms with E-state index in [1.807, 2.05) is 22.9 Å². The first-order valence-electron chi connectivity index (χ1n) is 5.96. The zero-order valence-electron chi connectivity index (χ0n) is 9.98. The van der Waals surface area contributed by atoms with Gasteiger partial charge in [-0.05, 0) is 24.8 Å². The molecule has 1 aromatic rings. The fourth-order valence-electron chi connectivity index (χ4n) is 2.18. The van der Waals surface area contributed by atoms with Gasteiger partial charge in [-0.1, -0.05) is 19.9 Å². The highest BCUT2D eigenvalue weighted by Gasteiger charge is 2.19. The lowest BCUT2D eigenvalue weighted by molar-refractivity contribution is 0.186. The Hall–Kier alpha value is -1.09. The van der Waals surface area contributed by atoms with Crippen molar-refractivity contribution in [2.45, 2.75) is 32.7 Å². The summed E-state index contributed by atoms with van der Waals surface area (Å²) in [4.78, 5) is 12.2. The van der Waals surface area contributed by atoms with Gasteiger partial charge >= 0.3 is 0 Å². The Morgan fingerprint density at radius 1 is 1.56 bits per heavy atom. The maximum atomic E-state index is 12.2. The zero-order chi connectivity index (χ0) is 11.5. The molecule has 0 N–H and O–H groups in total. The molecule has 16 heavy (non-hydrogen) atoms. The SMILES string of the molecule is CC(C)Cc1cccn([C@@H]2CCOC2)c1=O. The summed E-state index contributed by atoms with van der Waals surface area (Å²) in [6, 6.07) is 4.14. The molecule has 1 aliphatic heterocycles. The molecule has 0 radical (unpaired) electrons. The third-order valence-electron chi connectivity index (χ3n) is 2.98. The first kappa shape index (κ1) is 11.4. The molecule has 0 saturated carbocycles. The molecule has 1 saturated heterocycles. The molecule has 1 aromatic heterocycles. The first-order valence-corrected chi connectivity index (χ1v) is 5.96. The third-order valence-corrected chi connectivity index (χ3v) is 2.98. The second-order valence-electron chi connectivity index (χ2n) is 4.86. The fourth-order valence-corrected chi connectivity index (χ4v) is 2.18. The van der Waals surface area contributed by atoms with Crippen LogP contribution in [0.1, 0.15) is 31.9 Å². The lowest BCUT2D eigenvalue weighted by atomic mass is 10.0. The molecule has 1 atom stereocenters. The zero-order valence-corrected chi connectivity index (χ0v) is 9.98. The molecule has 2 rings (SSSR count). The van der Waals surface area contributed by atoms with Gasteiger partial charge in [0.2, 0.25) is 0 Å². The van der Waals surface area contributed by atoms with Gasteiger partial charge in [0.15, 0.2) is 0 Å². The first-order chi connectivity index (χ1) is 7.68. The molecule has 1 fully saturated rings. The molecule has 3 nitrogen and oxygen atoms in total. The van der Waals surface area contributed by atoms with Crippen molar-refractivity contribution < 1.29 is 4.74 Å². The summed E-state index contributed by atoms with van der Waals surface area (Å²) in [5, 5.41) is 0. The van der Waals surface area contributed by atoms with Gasteiger partial charge in [-0.25, -0.2) is 0 Å². The highest BCUT2D eigenvalue weighted by molar-refractivity contribution is 5.12. The van der Waals surface area contributed by atoms with Crippen molar-refractivity contribution in [2.75, 3.05) is 13.2 Å². The number of hydrogen-bond donors (Lipinski definition) is 0. The normalized spacial score (nSPS) is 20.6. The van der Waals surface area contributed by atoms with Gasteiger partial charge in [0.1, 0.15) is 0 Å². The predicted molar refractivity (Wildman–Crippen MR) is 63.7 cm³/mol. The van der Waals surface area contributed by atoms with E-state index in [-0.39, 0.29) is 11.6 Å². The minimum absolute atomic E-state index is 0.159. The molecule has 0 amide bonds. The second kappa shape index (κ2) is 4.83. The van der Waals surface area contributed by atoms with E-state index in [2.05, 4.69) is 13.8 Å². The maximum Gasteiger partial charge on any atom is 0.254 e. The Labute approximate surface area is 96.0 Å². The average molecular weight is 221 g/mol. The van der Waals surface area contributed by atoms with Crippen molar-refractivity contribution >= 4 is 0 Å². The van der Waals surface area contributed by atoms with Crippen LogP contribution in [0.2, 0.25) is 0 Å². The van der Waals surface area contributed by atoms with Crippen LogP contribution in [0.15, 0.2) is 23.1 Å². The van der Waals surface area contributed by atoms with Crippen molar-refractivity contribution in [3.63, 3.8) is 0 Å². The number of hydrogen-bond acceptors (Lipinski definition) is 2. The van der Waals surface area contributed by atoms with Gasteiger partial charge in [-0.15, -0.1) is 0 Å². The second-order valence-corrected chi connectivity index (χ2v) is 4.86. The van der Waals surface area contributed by atoms with Gasteiger partial charge in [0, 0.05) is 18.4 Å². The molecule has 88 valence electrons. The quantitative estimate of drug-likeness (QED) is 0.781. The summed E-state index contributed by atoms with van der Waals surface area (Å²) in [5.74, 6) is 0.517. The largest absolute Gasteiger partial charge is 0.379 e. The van der Waals surface area contributed by atoms with Crippen LogP contribution in [0.5, 0.6) is 0 Å². The van der Waals surface area contributed by atoms with Crippen molar-refractivity contribution in [3.05, 3.63) is 34.2 Å². The van der Waals surface area contributed by atoms with Gasteiger partial charge in [-0.2, -0.15) is 0 Å². The van der Waals surface area contributed by atoms with Gasteiger partial charge < -0.3 is 9.30 Å². The molecule has 0 spiro atoms. The van der Waals surface area contributed by atoms with Gasteiger partial charge in [0.05, 0.1) is 12.6 Å². The van der Waals surface area contributed by atoms with Crippen LogP contribution in [0.25, 0.3) is 0 Å². The Balaban J connectivity index is 2.28. The van der Waals surface area contributed by atoms with Crippen LogP contribution in [0, 0.1) is 5.92 Å². The van der Waals surface area contributed by atoms with Crippen molar-refractivity contribution in [2.24, 2.45) is 5.92 Å². The molecular weight excluding hydrogens is 202 g/mol. The minimum Gasteiger partial charge on any atom is -0.379 e. The van der Waals surface area contributed by atoms with Crippen LogP contribution >= 0.6 is 0 Å². The van der Waals surface area contributed by atoms with Crippen LogP contribution in [-0.2, 0) is 11.2 Å². The maximum absolute atomic E-state index is 12.2. The highest BCUT2D eigenvalue weighted by Crippen LogP contribution is 2.17. The molecule has 0 bridgehead atoms. The topological polar surface area (TPSA) is 31.2 Å². The van der Waals surface area contributed by atoms with Gasteiger partial charge in [-0.3, -0.25) is 4.79 Å². The summed E-state index contributed by atoms with van der Waals surface area (Å²) < 4.78 is 7.17. The molecule has 0 aliphatic carbocycles. The van der Waals surface area contributed by atoms with E-state index < -0.39 is 0 Å². The summed E-state index contributed by atoms with van der Waals surface area (Å²) in [6.07, 6.45) is 3.68. The van der Waals surface area contributed by atoms with Crippen LogP contribution < -0.4 is 5.56 Å². The Kier molecular flexibility index (Phi) is 3.44. The smallest absolute Gasteiger partial charge is 0.254 e. The fraction of sp³-hybridized carbons (Fsp3) is 0.615. The highest BCUT2D eigenvalue weighted by atomic mass is 16.5. The standard InChI is InChI=1S/C13H19NO2/c1-10(2)8-11-4-3-6-14(13(11)15)12-5-7-16-9-12/h3-4,6,10,12H,5,7-9H2,1-2H3/t12-/m1/s1. The van der Waals surface area contributed by atoms with Crippen LogP contribution in [0.4, 0.5) is 0 Å². The molecule has 0 aromatic carbocycles. The summed E-state index contributed by atoms with van der Waals surface area (Å²) in [6.45, 7) is 5.71. The lowest BCUT2D eigenvalue weighted by Crippen LogP contribution is -2.27. The van der Waals surface area contributed by atoms with E-state index in [1.165, 1.54) is 0 Å². The van der Waals surface area contributed by atoms with E-state index in [1.54, 1.807) is 0 Å². The molecule has 0 unspecified atom stereocenters. The Morgan fingerprint density at radius 3 is 3.00 bits per heavy atom. The Morgan fingerprint density at radius 2 is 2.38 bits per heavy atom. The van der Waals surface area contributed by atoms with Crippen molar-refractivity contribution in [1.29, 1.82) is 0 Å². The van der Waals surface area contributed by atoms with Gasteiger partial charge in [0.25, 0.3) is 5.56 Å². The molecule has 3 heteroatoms. The molecular formula is C13H19NO2. The van der Waals surface area contributed by atoms with E-state index in [0.29, 0.717) is 12.5 Å². The number of rotatable bonds is 3. The van der Waals surface area contributed by atoms with Crippen LogP contribution in [-0.4, -0.2) is 17.8 Å². The summed E-state index contributed by atoms with van der Waals surface area (Å²) in [5.41, 5.74) is 1.08. The number of pyridine rings is 1. The molecule has 2 heterocycles. The minimum atomic E-state index is 0.159. The van der Waals surface area contributed by atoms with Crippen molar-refractivity contribution in [1.82, 2.24) is 4.57 Å². The van der Waals surface area contributed by atoms with E-state index in [0.717, 1.165) is 25.0 Å². The number of nitrogens with zero attached hydrogens (tertiary/aromatic N) is 1.